The summed E-state index contributed by atoms with van der Waals surface area (Å²) in [5.41, 5.74) is 1.02. The minimum Gasteiger partial charge on any atom is -0.357 e. The SMILES string of the molecule is CNC(=O)C1CNCCN1C(=O)CCn1ccnc1-c1ccccc1. The number of likely N-dealkylation sites (N-methyl/N-ethyl adjacent to an activating group) is 1. The summed E-state index contributed by atoms with van der Waals surface area (Å²) in [6, 6.07) is 9.45. The van der Waals surface area contributed by atoms with Crippen LogP contribution in [0.4, 0.5) is 0 Å². The predicted octanol–water partition coefficient (Wildman–Crippen LogP) is 0.487. The van der Waals surface area contributed by atoms with Gasteiger partial charge in [-0.2, -0.15) is 0 Å². The largest absolute Gasteiger partial charge is 0.357 e. The first-order valence-corrected chi connectivity index (χ1v) is 8.49. The molecule has 1 aromatic carbocycles. The fourth-order valence-electron chi connectivity index (χ4n) is 3.10. The summed E-state index contributed by atoms with van der Waals surface area (Å²) < 4.78 is 1.98. The Hall–Kier alpha value is -2.67. The van der Waals surface area contributed by atoms with E-state index < -0.39 is 6.04 Å². The van der Waals surface area contributed by atoms with Crippen LogP contribution < -0.4 is 10.6 Å². The minimum absolute atomic E-state index is 0.0113. The van der Waals surface area contributed by atoms with Crippen molar-refractivity contribution in [2.45, 2.75) is 19.0 Å². The number of amides is 2. The third-order valence-electron chi connectivity index (χ3n) is 4.43. The van der Waals surface area contributed by atoms with Crippen LogP contribution in [0.5, 0.6) is 0 Å². The second-order valence-corrected chi connectivity index (χ2v) is 5.98. The molecule has 1 atom stereocenters. The maximum absolute atomic E-state index is 12.7. The number of piperazine rings is 1. The Balaban J connectivity index is 1.67. The smallest absolute Gasteiger partial charge is 0.243 e. The molecule has 2 N–H and O–H groups in total. The van der Waals surface area contributed by atoms with Crippen LogP contribution in [0.2, 0.25) is 0 Å². The molecule has 1 fully saturated rings. The van der Waals surface area contributed by atoms with Gasteiger partial charge in [-0.3, -0.25) is 9.59 Å². The summed E-state index contributed by atoms with van der Waals surface area (Å²) >= 11 is 0. The summed E-state index contributed by atoms with van der Waals surface area (Å²) in [6.45, 7) is 2.28. The molecular weight excluding hydrogens is 318 g/mol. The predicted molar refractivity (Wildman–Crippen MR) is 94.7 cm³/mol. The van der Waals surface area contributed by atoms with Crippen LogP contribution in [0.3, 0.4) is 0 Å². The minimum atomic E-state index is -0.442. The molecule has 7 nitrogen and oxygen atoms in total. The second-order valence-electron chi connectivity index (χ2n) is 5.98. The third kappa shape index (κ3) is 3.88. The van der Waals surface area contributed by atoms with Crippen molar-refractivity contribution in [2.24, 2.45) is 0 Å². The van der Waals surface area contributed by atoms with Crippen molar-refractivity contribution in [1.82, 2.24) is 25.1 Å². The molecule has 25 heavy (non-hydrogen) atoms. The summed E-state index contributed by atoms with van der Waals surface area (Å²) in [6.07, 6.45) is 3.96. The number of imidazole rings is 1. The molecule has 1 unspecified atom stereocenters. The van der Waals surface area contributed by atoms with E-state index in [0.29, 0.717) is 32.6 Å². The van der Waals surface area contributed by atoms with Crippen LogP contribution in [0.1, 0.15) is 6.42 Å². The average Bonchev–Trinajstić information content (AvgIpc) is 3.14. The molecule has 1 saturated heterocycles. The Morgan fingerprint density at radius 2 is 2.12 bits per heavy atom. The lowest BCUT2D eigenvalue weighted by atomic mass is 10.1. The molecular formula is C18H23N5O2. The van der Waals surface area contributed by atoms with E-state index in [1.807, 2.05) is 41.1 Å². The van der Waals surface area contributed by atoms with Gasteiger partial charge < -0.3 is 20.1 Å². The number of nitrogens with zero attached hydrogens (tertiary/aromatic N) is 3. The monoisotopic (exact) mass is 341 g/mol. The molecule has 7 heteroatoms. The lowest BCUT2D eigenvalue weighted by Gasteiger charge is -2.35. The van der Waals surface area contributed by atoms with Crippen molar-refractivity contribution in [3.8, 4) is 11.4 Å². The summed E-state index contributed by atoms with van der Waals surface area (Å²) in [5.74, 6) is 0.701. The number of hydrogen-bond donors (Lipinski definition) is 2. The maximum atomic E-state index is 12.7. The normalized spacial score (nSPS) is 17.3. The number of aromatic nitrogens is 2. The molecule has 1 aromatic heterocycles. The highest BCUT2D eigenvalue weighted by atomic mass is 16.2. The van der Waals surface area contributed by atoms with Gasteiger partial charge in [0.2, 0.25) is 11.8 Å². The Morgan fingerprint density at radius 1 is 1.32 bits per heavy atom. The van der Waals surface area contributed by atoms with Gasteiger partial charge in [-0.05, 0) is 0 Å². The first-order valence-electron chi connectivity index (χ1n) is 8.49. The van der Waals surface area contributed by atoms with Crippen LogP contribution in [0.15, 0.2) is 42.7 Å². The van der Waals surface area contributed by atoms with Crippen molar-refractivity contribution < 1.29 is 9.59 Å². The van der Waals surface area contributed by atoms with Crippen molar-refractivity contribution >= 4 is 11.8 Å². The van der Waals surface area contributed by atoms with Crippen LogP contribution in [0, 0.1) is 0 Å². The fourth-order valence-corrected chi connectivity index (χ4v) is 3.10. The molecule has 2 heterocycles. The average molecular weight is 341 g/mol. The first-order chi connectivity index (χ1) is 12.2. The Labute approximate surface area is 147 Å². The van der Waals surface area contributed by atoms with Gasteiger partial charge in [0.05, 0.1) is 0 Å². The van der Waals surface area contributed by atoms with Gasteiger partial charge in [-0.15, -0.1) is 0 Å². The molecule has 0 aliphatic carbocycles. The van der Waals surface area contributed by atoms with Gasteiger partial charge in [-0.1, -0.05) is 30.3 Å². The highest BCUT2D eigenvalue weighted by molar-refractivity contribution is 5.88. The highest BCUT2D eigenvalue weighted by Gasteiger charge is 2.31. The topological polar surface area (TPSA) is 79.3 Å². The second kappa shape index (κ2) is 7.94. The van der Waals surface area contributed by atoms with Crippen LogP contribution in [-0.2, 0) is 16.1 Å². The van der Waals surface area contributed by atoms with Gasteiger partial charge in [0.25, 0.3) is 0 Å². The van der Waals surface area contributed by atoms with Crippen molar-refractivity contribution in [3.63, 3.8) is 0 Å². The van der Waals surface area contributed by atoms with E-state index in [9.17, 15) is 9.59 Å². The molecule has 1 aliphatic rings. The van der Waals surface area contributed by atoms with Crippen LogP contribution in [-0.4, -0.2) is 59.0 Å². The molecule has 0 saturated carbocycles. The van der Waals surface area contributed by atoms with Gasteiger partial charge >= 0.3 is 0 Å². The Kier molecular flexibility index (Phi) is 5.45. The van der Waals surface area contributed by atoms with Gasteiger partial charge in [0.15, 0.2) is 0 Å². The number of carbonyl (C=O) groups excluding carboxylic acids is 2. The number of nitrogens with one attached hydrogen (secondary N) is 2. The van der Waals surface area contributed by atoms with Crippen LogP contribution in [0.25, 0.3) is 11.4 Å². The summed E-state index contributed by atoms with van der Waals surface area (Å²) in [4.78, 5) is 30.7. The lowest BCUT2D eigenvalue weighted by Crippen LogP contribution is -2.59. The van der Waals surface area contributed by atoms with E-state index in [1.165, 1.54) is 0 Å². The molecule has 2 amide bonds. The molecule has 0 spiro atoms. The van der Waals surface area contributed by atoms with Gasteiger partial charge in [-0.25, -0.2) is 4.98 Å². The van der Waals surface area contributed by atoms with E-state index in [1.54, 1.807) is 18.1 Å². The van der Waals surface area contributed by atoms with E-state index in [2.05, 4.69) is 15.6 Å². The third-order valence-corrected chi connectivity index (χ3v) is 4.43. The number of benzene rings is 1. The number of hydrogen-bond acceptors (Lipinski definition) is 4. The van der Waals surface area contributed by atoms with E-state index in [0.717, 1.165) is 11.4 Å². The lowest BCUT2D eigenvalue weighted by molar-refractivity contribution is -0.141. The number of aryl methyl sites for hydroxylation is 1. The van der Waals surface area contributed by atoms with E-state index >= 15 is 0 Å². The molecule has 0 radical (unpaired) electrons. The maximum Gasteiger partial charge on any atom is 0.243 e. The molecule has 3 rings (SSSR count). The standard InChI is InChI=1S/C18H23N5O2/c1-19-18(25)15-13-20-8-12-23(15)16(24)7-10-22-11-9-21-17(22)14-5-3-2-4-6-14/h2-6,9,11,15,20H,7-8,10,12-13H2,1H3,(H,19,25). The zero-order chi connectivity index (χ0) is 17.6. The molecule has 2 aromatic rings. The molecule has 132 valence electrons. The van der Waals surface area contributed by atoms with E-state index in [-0.39, 0.29) is 11.8 Å². The zero-order valence-electron chi connectivity index (χ0n) is 14.3. The highest BCUT2D eigenvalue weighted by Crippen LogP contribution is 2.17. The van der Waals surface area contributed by atoms with Crippen molar-refractivity contribution in [1.29, 1.82) is 0 Å². The Morgan fingerprint density at radius 3 is 2.88 bits per heavy atom. The van der Waals surface area contributed by atoms with Crippen molar-refractivity contribution in [3.05, 3.63) is 42.7 Å². The summed E-state index contributed by atoms with van der Waals surface area (Å²) in [7, 11) is 1.59. The fraction of sp³-hybridized carbons (Fsp3) is 0.389. The van der Waals surface area contributed by atoms with Gasteiger partial charge in [0.1, 0.15) is 11.9 Å². The molecule has 0 bridgehead atoms. The molecule has 1 aliphatic heterocycles. The Bertz CT molecular complexity index is 728. The van der Waals surface area contributed by atoms with Crippen LogP contribution >= 0.6 is 0 Å². The summed E-state index contributed by atoms with van der Waals surface area (Å²) in [5, 5.41) is 5.80. The quantitative estimate of drug-likeness (QED) is 0.829. The number of carbonyl (C=O) groups is 2. The van der Waals surface area contributed by atoms with E-state index in [4.69, 9.17) is 0 Å². The van der Waals surface area contributed by atoms with Crippen molar-refractivity contribution in [2.75, 3.05) is 26.7 Å². The zero-order valence-corrected chi connectivity index (χ0v) is 14.3. The number of rotatable bonds is 5. The first kappa shape index (κ1) is 17.2. The van der Waals surface area contributed by atoms with Gasteiger partial charge in [0, 0.05) is 57.6 Å².